The minimum absolute atomic E-state index is 0.123. The number of nitrogens with two attached hydrogens (primary N) is 1. The average Bonchev–Trinajstić information content (AvgIpc) is 2.35. The van der Waals surface area contributed by atoms with Gasteiger partial charge in [0.05, 0.1) is 0 Å². The molecular weight excluding hydrogens is 252 g/mol. The molecule has 0 saturated heterocycles. The van der Waals surface area contributed by atoms with Gasteiger partial charge in [-0.25, -0.2) is 15.0 Å². The number of hydrogen-bond donors (Lipinski definition) is 3. The van der Waals surface area contributed by atoms with Crippen LogP contribution in [-0.4, -0.2) is 20.5 Å². The van der Waals surface area contributed by atoms with Crippen LogP contribution in [0.3, 0.4) is 0 Å². The molecule has 0 aliphatic rings. The molecule has 2 rings (SSSR count). The second-order valence-electron chi connectivity index (χ2n) is 5.71. The molecule has 0 aromatic carbocycles. The van der Waals surface area contributed by atoms with E-state index in [4.69, 9.17) is 5.73 Å². The maximum atomic E-state index is 6.09. The molecule has 0 unspecified atom stereocenters. The van der Waals surface area contributed by atoms with E-state index in [1.165, 1.54) is 6.33 Å². The van der Waals surface area contributed by atoms with Gasteiger partial charge in [0.25, 0.3) is 0 Å². The van der Waals surface area contributed by atoms with E-state index in [2.05, 4.69) is 25.6 Å². The van der Waals surface area contributed by atoms with Crippen LogP contribution >= 0.6 is 0 Å². The summed E-state index contributed by atoms with van der Waals surface area (Å²) in [5.74, 6) is 1.85. The van der Waals surface area contributed by atoms with Crippen LogP contribution in [0.4, 0.5) is 23.1 Å². The van der Waals surface area contributed by atoms with Gasteiger partial charge < -0.3 is 16.4 Å². The summed E-state index contributed by atoms with van der Waals surface area (Å²) in [6, 6.07) is 3.86. The largest absolute Gasteiger partial charge is 0.393 e. The van der Waals surface area contributed by atoms with Crippen molar-refractivity contribution in [1.29, 1.82) is 0 Å². The quantitative estimate of drug-likeness (QED) is 0.796. The van der Waals surface area contributed by atoms with Gasteiger partial charge in [0.1, 0.15) is 17.8 Å². The highest BCUT2D eigenvalue weighted by Gasteiger charge is 2.15. The van der Waals surface area contributed by atoms with E-state index < -0.39 is 0 Å². The standard InChI is InChI=1S/C14H20N6/c1-9-5-6-10(16-7-9)19-12-11(15)13(18-8-17-12)20-14(2,3)4/h5-8H,15H2,1-4H3,(H2,16,17,18,19,20). The third-order valence-electron chi connectivity index (χ3n) is 2.54. The number of aromatic nitrogens is 3. The molecule has 0 aliphatic heterocycles. The Balaban J connectivity index is 2.24. The van der Waals surface area contributed by atoms with E-state index in [1.54, 1.807) is 6.20 Å². The second-order valence-corrected chi connectivity index (χ2v) is 5.71. The summed E-state index contributed by atoms with van der Waals surface area (Å²) in [4.78, 5) is 12.6. The molecule has 20 heavy (non-hydrogen) atoms. The van der Waals surface area contributed by atoms with Gasteiger partial charge in [-0.2, -0.15) is 0 Å². The number of rotatable bonds is 3. The van der Waals surface area contributed by atoms with Gasteiger partial charge in [-0.1, -0.05) is 6.07 Å². The molecule has 0 radical (unpaired) electrons. The first-order chi connectivity index (χ1) is 9.35. The Labute approximate surface area is 118 Å². The minimum Gasteiger partial charge on any atom is -0.393 e. The molecular formula is C14H20N6. The Morgan fingerprint density at radius 2 is 1.75 bits per heavy atom. The molecule has 0 atom stereocenters. The highest BCUT2D eigenvalue weighted by molar-refractivity contribution is 5.77. The summed E-state index contributed by atoms with van der Waals surface area (Å²) in [6.45, 7) is 8.12. The van der Waals surface area contributed by atoms with Gasteiger partial charge in [-0.3, -0.25) is 0 Å². The molecule has 0 amide bonds. The van der Waals surface area contributed by atoms with Crippen molar-refractivity contribution < 1.29 is 0 Å². The molecule has 0 aliphatic carbocycles. The Morgan fingerprint density at radius 3 is 2.35 bits per heavy atom. The van der Waals surface area contributed by atoms with Gasteiger partial charge in [0, 0.05) is 11.7 Å². The van der Waals surface area contributed by atoms with Crippen molar-refractivity contribution in [2.75, 3.05) is 16.4 Å². The van der Waals surface area contributed by atoms with Gasteiger partial charge in [-0.15, -0.1) is 0 Å². The van der Waals surface area contributed by atoms with Gasteiger partial charge in [-0.05, 0) is 39.3 Å². The maximum absolute atomic E-state index is 6.09. The SMILES string of the molecule is Cc1ccc(Nc2ncnc(NC(C)(C)C)c2N)nc1. The number of pyridine rings is 1. The number of nitrogen functional groups attached to an aromatic ring is 1. The molecule has 2 aromatic rings. The van der Waals surface area contributed by atoms with E-state index in [0.717, 1.165) is 5.56 Å². The lowest BCUT2D eigenvalue weighted by atomic mass is 10.1. The van der Waals surface area contributed by atoms with E-state index in [0.29, 0.717) is 23.1 Å². The van der Waals surface area contributed by atoms with Crippen LogP contribution in [0.25, 0.3) is 0 Å². The van der Waals surface area contributed by atoms with Crippen LogP contribution in [0.15, 0.2) is 24.7 Å². The zero-order chi connectivity index (χ0) is 14.8. The third kappa shape index (κ3) is 3.57. The normalized spacial score (nSPS) is 11.2. The fourth-order valence-corrected chi connectivity index (χ4v) is 1.61. The van der Waals surface area contributed by atoms with Crippen LogP contribution < -0.4 is 16.4 Å². The highest BCUT2D eigenvalue weighted by atomic mass is 15.1. The summed E-state index contributed by atoms with van der Waals surface area (Å²) in [7, 11) is 0. The fraction of sp³-hybridized carbons (Fsp3) is 0.357. The molecule has 0 saturated carbocycles. The summed E-state index contributed by atoms with van der Waals surface area (Å²) < 4.78 is 0. The number of hydrogen-bond acceptors (Lipinski definition) is 6. The van der Waals surface area contributed by atoms with Gasteiger partial charge in [0.15, 0.2) is 11.6 Å². The van der Waals surface area contributed by atoms with Crippen molar-refractivity contribution in [3.8, 4) is 0 Å². The Bertz CT molecular complexity index is 586. The zero-order valence-electron chi connectivity index (χ0n) is 12.2. The average molecular weight is 272 g/mol. The minimum atomic E-state index is -0.123. The van der Waals surface area contributed by atoms with E-state index >= 15 is 0 Å². The lowest BCUT2D eigenvalue weighted by molar-refractivity contribution is 0.630. The highest BCUT2D eigenvalue weighted by Crippen LogP contribution is 2.26. The zero-order valence-corrected chi connectivity index (χ0v) is 12.2. The second kappa shape index (κ2) is 5.32. The molecule has 2 heterocycles. The smallest absolute Gasteiger partial charge is 0.160 e. The van der Waals surface area contributed by atoms with Crippen molar-refractivity contribution >= 4 is 23.1 Å². The Morgan fingerprint density at radius 1 is 1.05 bits per heavy atom. The molecule has 0 bridgehead atoms. The first-order valence-electron chi connectivity index (χ1n) is 6.43. The lowest BCUT2D eigenvalue weighted by Gasteiger charge is -2.22. The van der Waals surface area contributed by atoms with Crippen molar-refractivity contribution in [2.45, 2.75) is 33.2 Å². The topological polar surface area (TPSA) is 88.8 Å². The Kier molecular flexibility index (Phi) is 3.74. The van der Waals surface area contributed by atoms with E-state index in [1.807, 2.05) is 39.8 Å². The van der Waals surface area contributed by atoms with Gasteiger partial charge in [0.2, 0.25) is 0 Å². The first-order valence-corrected chi connectivity index (χ1v) is 6.43. The lowest BCUT2D eigenvalue weighted by Crippen LogP contribution is -2.27. The molecule has 0 fully saturated rings. The number of aryl methyl sites for hydroxylation is 1. The number of anilines is 4. The van der Waals surface area contributed by atoms with Crippen LogP contribution in [-0.2, 0) is 0 Å². The molecule has 6 nitrogen and oxygen atoms in total. The molecule has 2 aromatic heterocycles. The molecule has 4 N–H and O–H groups in total. The predicted octanol–water partition coefficient (Wildman–Crippen LogP) is 2.72. The van der Waals surface area contributed by atoms with Crippen LogP contribution in [0.2, 0.25) is 0 Å². The summed E-state index contributed by atoms with van der Waals surface area (Å²) >= 11 is 0. The van der Waals surface area contributed by atoms with Crippen molar-refractivity contribution in [1.82, 2.24) is 15.0 Å². The van der Waals surface area contributed by atoms with E-state index in [-0.39, 0.29) is 5.54 Å². The van der Waals surface area contributed by atoms with Crippen LogP contribution in [0.1, 0.15) is 26.3 Å². The summed E-state index contributed by atoms with van der Waals surface area (Å²) in [5, 5.41) is 6.35. The fourth-order valence-electron chi connectivity index (χ4n) is 1.61. The van der Waals surface area contributed by atoms with Crippen molar-refractivity contribution in [3.05, 3.63) is 30.2 Å². The monoisotopic (exact) mass is 272 g/mol. The van der Waals surface area contributed by atoms with Crippen molar-refractivity contribution in [3.63, 3.8) is 0 Å². The van der Waals surface area contributed by atoms with Crippen LogP contribution in [0.5, 0.6) is 0 Å². The van der Waals surface area contributed by atoms with Crippen molar-refractivity contribution in [2.24, 2.45) is 0 Å². The number of nitrogens with one attached hydrogen (secondary N) is 2. The molecule has 0 spiro atoms. The molecule has 106 valence electrons. The van der Waals surface area contributed by atoms with Crippen LogP contribution in [0, 0.1) is 6.92 Å². The van der Waals surface area contributed by atoms with Gasteiger partial charge >= 0.3 is 0 Å². The summed E-state index contributed by atoms with van der Waals surface area (Å²) in [5.41, 5.74) is 7.54. The predicted molar refractivity (Wildman–Crippen MR) is 82.1 cm³/mol. The number of nitrogens with zero attached hydrogens (tertiary/aromatic N) is 3. The summed E-state index contributed by atoms with van der Waals surface area (Å²) in [6.07, 6.45) is 3.26. The first kappa shape index (κ1) is 14.0. The Hall–Kier alpha value is -2.37. The molecule has 6 heteroatoms. The van der Waals surface area contributed by atoms with E-state index in [9.17, 15) is 0 Å². The maximum Gasteiger partial charge on any atom is 0.160 e. The third-order valence-corrected chi connectivity index (χ3v) is 2.54.